The van der Waals surface area contributed by atoms with Crippen molar-refractivity contribution in [2.24, 2.45) is 23.7 Å². The number of aromatic nitrogens is 1. The SMILES string of the molecule is Cc1c(Cl)c(Br)cc2c(C(=O)OC(C)C(=O)c3ccc(OCc4ccccc4)cc3)cc(-c3ccc(N4C(=O)C5C6CC(C(Br)C6Br)C5C4=O)cc3)nc12. The highest BCUT2D eigenvalue weighted by atomic mass is 79.9. The molecule has 0 radical (unpaired) electrons. The van der Waals surface area contributed by atoms with Crippen LogP contribution in [0.4, 0.5) is 5.69 Å². The Labute approximate surface area is 341 Å². The summed E-state index contributed by atoms with van der Waals surface area (Å²) in [5, 5.41) is 0.946. The van der Waals surface area contributed by atoms with E-state index in [-0.39, 0.29) is 56.5 Å². The van der Waals surface area contributed by atoms with Crippen molar-refractivity contribution >= 4 is 99.5 Å². The summed E-state index contributed by atoms with van der Waals surface area (Å²) in [7, 11) is 0. The van der Waals surface area contributed by atoms with Gasteiger partial charge < -0.3 is 9.47 Å². The van der Waals surface area contributed by atoms with Gasteiger partial charge >= 0.3 is 5.97 Å². The molecule has 4 aromatic carbocycles. The van der Waals surface area contributed by atoms with Crippen LogP contribution in [-0.4, -0.2) is 44.3 Å². The van der Waals surface area contributed by atoms with E-state index in [1.807, 2.05) is 37.3 Å². The third kappa shape index (κ3) is 6.40. The number of aryl methyl sites for hydroxylation is 1. The molecule has 2 saturated carbocycles. The zero-order valence-corrected chi connectivity index (χ0v) is 34.5. The summed E-state index contributed by atoms with van der Waals surface area (Å²) in [6.07, 6.45) is -0.240. The van der Waals surface area contributed by atoms with Crippen LogP contribution in [0.25, 0.3) is 22.2 Å². The third-order valence-corrected chi connectivity index (χ3v) is 15.4. The molecule has 12 heteroatoms. The molecule has 5 aromatic rings. The van der Waals surface area contributed by atoms with Crippen molar-refractivity contribution in [3.63, 3.8) is 0 Å². The molecule has 8 nitrogen and oxygen atoms in total. The van der Waals surface area contributed by atoms with Gasteiger partial charge in [0.25, 0.3) is 0 Å². The van der Waals surface area contributed by atoms with E-state index in [2.05, 4.69) is 47.8 Å². The maximum absolute atomic E-state index is 13.9. The Hall–Kier alpha value is -3.90. The van der Waals surface area contributed by atoms with E-state index < -0.39 is 12.1 Å². The molecule has 0 N–H and O–H groups in total. The predicted molar refractivity (Wildman–Crippen MR) is 218 cm³/mol. The molecular weight excluding hydrogens is 904 g/mol. The lowest BCUT2D eigenvalue weighted by Crippen LogP contribution is -2.37. The van der Waals surface area contributed by atoms with Gasteiger partial charge in [-0.25, -0.2) is 9.78 Å². The quantitative estimate of drug-likeness (QED) is 0.0628. The second-order valence-corrected chi connectivity index (χ2v) is 17.4. The number of carbonyl (C=O) groups is 4. The molecular formula is C42H32Br3ClN2O6. The number of alkyl halides is 2. The van der Waals surface area contributed by atoms with Gasteiger partial charge in [0, 0.05) is 30.6 Å². The first kappa shape index (κ1) is 37.0. The average Bonchev–Trinajstić information content (AvgIpc) is 3.80. The van der Waals surface area contributed by atoms with E-state index in [4.69, 9.17) is 26.1 Å². The summed E-state index contributed by atoms with van der Waals surface area (Å²) in [6, 6.07) is 26.8. The largest absolute Gasteiger partial charge is 0.489 e. The van der Waals surface area contributed by atoms with Crippen molar-refractivity contribution in [1.82, 2.24) is 4.98 Å². The number of anilines is 1. The van der Waals surface area contributed by atoms with Gasteiger partial charge in [-0.2, -0.15) is 0 Å². The molecule has 54 heavy (non-hydrogen) atoms. The molecule has 3 fully saturated rings. The summed E-state index contributed by atoms with van der Waals surface area (Å²) in [6.45, 7) is 3.75. The standard InChI is InChI=1S/C42H32Br3ClN2O6/c1-20-37(46)31(43)17-27-28(42(52)54-21(2)39(49)24-10-14-26(15-11-24)53-19-22-6-4-3-5-7-22)18-32(47-38(20)27)23-8-12-25(13-9-23)48-40(50)33-29-16-30(34(33)41(48)51)36(45)35(29)44/h3-15,17-18,21,29-30,33-36H,16,19H2,1-2H3. The first-order chi connectivity index (χ1) is 25.9. The normalized spacial score (nSPS) is 23.5. The van der Waals surface area contributed by atoms with Gasteiger partial charge in [-0.3, -0.25) is 19.3 Å². The van der Waals surface area contributed by atoms with Crippen molar-refractivity contribution in [3.05, 3.63) is 123 Å². The smallest absolute Gasteiger partial charge is 0.339 e. The summed E-state index contributed by atoms with van der Waals surface area (Å²) in [5.74, 6) is -1.20. The number of hydrogen-bond donors (Lipinski definition) is 0. The molecule has 0 spiro atoms. The van der Waals surface area contributed by atoms with Crippen LogP contribution >= 0.6 is 59.4 Å². The molecule has 1 aliphatic heterocycles. The van der Waals surface area contributed by atoms with Crippen molar-refractivity contribution < 1.29 is 28.7 Å². The van der Waals surface area contributed by atoms with Crippen LogP contribution in [0.5, 0.6) is 5.75 Å². The number of imide groups is 1. The number of esters is 1. The Morgan fingerprint density at radius 2 is 1.54 bits per heavy atom. The Morgan fingerprint density at radius 3 is 2.17 bits per heavy atom. The monoisotopic (exact) mass is 932 g/mol. The Balaban J connectivity index is 1.04. The molecule has 2 aliphatic carbocycles. The van der Waals surface area contributed by atoms with Crippen LogP contribution in [0, 0.1) is 30.6 Å². The van der Waals surface area contributed by atoms with E-state index in [1.165, 1.54) is 11.8 Å². The lowest BCUT2D eigenvalue weighted by atomic mass is 9.81. The molecule has 2 heterocycles. The second-order valence-electron chi connectivity index (χ2n) is 14.0. The minimum absolute atomic E-state index is 0.114. The maximum atomic E-state index is 13.9. The Kier molecular flexibility index (Phi) is 10.0. The van der Waals surface area contributed by atoms with Gasteiger partial charge in [0.1, 0.15) is 12.4 Å². The van der Waals surface area contributed by atoms with Gasteiger partial charge in [-0.05, 0) is 108 Å². The molecule has 7 atom stereocenters. The number of carbonyl (C=O) groups excluding carboxylic acids is 4. The fraction of sp³-hybridized carbons (Fsp3) is 0.262. The van der Waals surface area contributed by atoms with Crippen LogP contribution in [-0.2, 0) is 20.9 Å². The number of hydrogen-bond acceptors (Lipinski definition) is 7. The number of amides is 2. The minimum atomic E-state index is -1.10. The van der Waals surface area contributed by atoms with Crippen LogP contribution in [0.1, 0.15) is 45.2 Å². The lowest BCUT2D eigenvalue weighted by Gasteiger charge is -2.28. The number of ether oxygens (including phenoxy) is 2. The highest BCUT2D eigenvalue weighted by Gasteiger charge is 2.66. The second kappa shape index (κ2) is 14.6. The van der Waals surface area contributed by atoms with Crippen LogP contribution < -0.4 is 9.64 Å². The van der Waals surface area contributed by atoms with Gasteiger partial charge in [0.2, 0.25) is 17.6 Å². The van der Waals surface area contributed by atoms with Crippen molar-refractivity contribution in [2.75, 3.05) is 4.90 Å². The molecule has 1 aromatic heterocycles. The third-order valence-electron chi connectivity index (χ3n) is 10.9. The number of fused-ring (bicyclic) bond motifs is 6. The highest BCUT2D eigenvalue weighted by molar-refractivity contribution is 9.12. The molecule has 2 bridgehead atoms. The number of Topliss-reactive ketones (excluding diaryl/α,β-unsaturated/α-hetero) is 1. The zero-order valence-electron chi connectivity index (χ0n) is 29.0. The van der Waals surface area contributed by atoms with Crippen molar-refractivity contribution in [1.29, 1.82) is 0 Å². The van der Waals surface area contributed by atoms with Gasteiger partial charge in [-0.1, -0.05) is 85.9 Å². The van der Waals surface area contributed by atoms with Crippen LogP contribution in [0.3, 0.4) is 0 Å². The summed E-state index contributed by atoms with van der Waals surface area (Å²) in [4.78, 5) is 61.1. The number of rotatable bonds is 9. The Bertz CT molecular complexity index is 2310. The maximum Gasteiger partial charge on any atom is 0.339 e. The molecule has 2 amide bonds. The van der Waals surface area contributed by atoms with Gasteiger partial charge in [0.05, 0.1) is 39.3 Å². The fourth-order valence-electron chi connectivity index (χ4n) is 8.13. The zero-order chi connectivity index (χ0) is 38.0. The molecule has 1 saturated heterocycles. The number of nitrogens with zero attached hydrogens (tertiary/aromatic N) is 2. The van der Waals surface area contributed by atoms with E-state index >= 15 is 0 Å². The summed E-state index contributed by atoms with van der Waals surface area (Å²) >= 11 is 17.6. The summed E-state index contributed by atoms with van der Waals surface area (Å²) < 4.78 is 12.2. The topological polar surface area (TPSA) is 103 Å². The molecule has 8 rings (SSSR count). The lowest BCUT2D eigenvalue weighted by molar-refractivity contribution is -0.123. The highest BCUT2D eigenvalue weighted by Crippen LogP contribution is 2.60. The minimum Gasteiger partial charge on any atom is -0.489 e. The first-order valence-corrected chi connectivity index (χ1v) is 20.5. The molecule has 274 valence electrons. The van der Waals surface area contributed by atoms with E-state index in [9.17, 15) is 19.2 Å². The predicted octanol–water partition coefficient (Wildman–Crippen LogP) is 9.92. The van der Waals surface area contributed by atoms with Gasteiger partial charge in [-0.15, -0.1) is 0 Å². The number of ketones is 1. The van der Waals surface area contributed by atoms with E-state index in [0.29, 0.717) is 60.8 Å². The van der Waals surface area contributed by atoms with Gasteiger partial charge in [0.15, 0.2) is 6.10 Å². The van der Waals surface area contributed by atoms with E-state index in [0.717, 1.165) is 12.0 Å². The van der Waals surface area contributed by atoms with E-state index in [1.54, 1.807) is 60.7 Å². The number of halogens is 4. The van der Waals surface area contributed by atoms with Crippen LogP contribution in [0.15, 0.2) is 95.5 Å². The van der Waals surface area contributed by atoms with Crippen LogP contribution in [0.2, 0.25) is 5.02 Å². The number of pyridine rings is 1. The van der Waals surface area contributed by atoms with Crippen molar-refractivity contribution in [3.8, 4) is 17.0 Å². The summed E-state index contributed by atoms with van der Waals surface area (Å²) in [5.41, 5.74) is 4.32. The molecule has 3 aliphatic rings. The fourth-order valence-corrected chi connectivity index (χ4v) is 10.7. The number of benzene rings is 4. The average molecular weight is 936 g/mol. The molecule has 7 unspecified atom stereocenters. The Morgan fingerprint density at radius 1 is 0.907 bits per heavy atom. The van der Waals surface area contributed by atoms with Crippen molar-refractivity contribution in [2.45, 2.75) is 42.6 Å². The first-order valence-electron chi connectivity index (χ1n) is 17.5.